The van der Waals surface area contributed by atoms with E-state index in [2.05, 4.69) is 165 Å². The number of hydrogen-bond donors (Lipinski definition) is 0. The van der Waals surface area contributed by atoms with Crippen LogP contribution in [0.1, 0.15) is 0 Å². The molecule has 0 radical (unpaired) electrons. The Labute approximate surface area is 299 Å². The van der Waals surface area contributed by atoms with Gasteiger partial charge in [0.1, 0.15) is 0 Å². The second-order valence-electron chi connectivity index (χ2n) is 13.7. The minimum Gasteiger partial charge on any atom is -0.359 e. The molecule has 0 N–H and O–H groups in total. The van der Waals surface area contributed by atoms with Gasteiger partial charge in [-0.05, 0) is 82.7 Å². The van der Waals surface area contributed by atoms with E-state index in [1.54, 1.807) is 0 Å². The standard InChI is InChI=1S/C42H24B2N4S2/c1-3-13-31-25(11-1)27-23-30-28(24-29(27)43-45(31)35-17-9-21-39-41(35)47(43)33-15-5-7-19-37(33)49-39)26-12-2-4-14-32(26)46-36-18-10-22-40-42(36)48(44(30)46)34-16-6-8-20-38(34)50-40/h1-24H. The zero-order chi connectivity index (χ0) is 32.2. The van der Waals surface area contributed by atoms with Crippen molar-refractivity contribution < 1.29 is 0 Å². The van der Waals surface area contributed by atoms with Crippen molar-refractivity contribution >= 4 is 93.9 Å². The van der Waals surface area contributed by atoms with Gasteiger partial charge in [-0.3, -0.25) is 0 Å². The molecule has 50 heavy (non-hydrogen) atoms. The fourth-order valence-corrected chi connectivity index (χ4v) is 11.7. The zero-order valence-corrected chi connectivity index (χ0v) is 28.2. The summed E-state index contributed by atoms with van der Waals surface area (Å²) in [4.78, 5) is 15.7. The molecule has 0 bridgehead atoms. The monoisotopic (exact) mass is 670 g/mol. The van der Waals surface area contributed by atoms with Gasteiger partial charge in [-0.15, -0.1) is 0 Å². The molecule has 0 saturated carbocycles. The van der Waals surface area contributed by atoms with Crippen molar-refractivity contribution in [2.45, 2.75) is 19.6 Å². The number of fused-ring (bicyclic) bond motifs is 20. The lowest BCUT2D eigenvalue weighted by molar-refractivity contribution is 1.24. The van der Waals surface area contributed by atoms with Crippen LogP contribution < -0.4 is 30.2 Å². The minimum absolute atomic E-state index is 0.00641. The first-order valence-corrected chi connectivity index (χ1v) is 18.8. The van der Waals surface area contributed by atoms with Crippen molar-refractivity contribution in [1.29, 1.82) is 0 Å². The first kappa shape index (κ1) is 26.4. The lowest BCUT2D eigenvalue weighted by atomic mass is 9.54. The zero-order valence-electron chi connectivity index (χ0n) is 26.6. The van der Waals surface area contributed by atoms with Crippen molar-refractivity contribution in [3.8, 4) is 22.3 Å². The molecule has 6 heterocycles. The highest BCUT2D eigenvalue weighted by Gasteiger charge is 2.54. The molecular weight excluding hydrogens is 646 g/mol. The Morgan fingerprint density at radius 2 is 0.700 bits per heavy atom. The molecule has 0 spiro atoms. The smallest absolute Gasteiger partial charge is 0.359 e. The minimum atomic E-state index is -0.00641. The van der Waals surface area contributed by atoms with Crippen molar-refractivity contribution in [3.63, 3.8) is 0 Å². The predicted molar refractivity (Wildman–Crippen MR) is 211 cm³/mol. The van der Waals surface area contributed by atoms with Crippen molar-refractivity contribution in [2.24, 2.45) is 0 Å². The maximum Gasteiger partial charge on any atom is 0.421 e. The molecular formula is C42H24B2N4S2. The van der Waals surface area contributed by atoms with Gasteiger partial charge >= 0.3 is 14.0 Å². The summed E-state index contributed by atoms with van der Waals surface area (Å²) in [6, 6.07) is 54.7. The third kappa shape index (κ3) is 3.08. The maximum absolute atomic E-state index is 2.62. The second-order valence-corrected chi connectivity index (χ2v) is 15.8. The summed E-state index contributed by atoms with van der Waals surface area (Å²) in [7, 11) is 0. The Morgan fingerprint density at radius 1 is 0.320 bits per heavy atom. The molecule has 7 aromatic rings. The Balaban J connectivity index is 1.12. The summed E-state index contributed by atoms with van der Waals surface area (Å²) in [5.74, 6) is 0. The van der Waals surface area contributed by atoms with Gasteiger partial charge in [0, 0.05) is 53.5 Å². The van der Waals surface area contributed by atoms with Gasteiger partial charge < -0.3 is 19.2 Å². The molecule has 8 heteroatoms. The summed E-state index contributed by atoms with van der Waals surface area (Å²) >= 11 is 3.78. The van der Waals surface area contributed by atoms with Crippen LogP contribution in [0.2, 0.25) is 0 Å². The molecule has 4 nitrogen and oxygen atoms in total. The van der Waals surface area contributed by atoms with Crippen LogP contribution in [0.15, 0.2) is 165 Å². The van der Waals surface area contributed by atoms with Gasteiger partial charge in [0.25, 0.3) is 0 Å². The van der Waals surface area contributed by atoms with Crippen molar-refractivity contribution in [2.75, 3.05) is 19.2 Å². The van der Waals surface area contributed by atoms with E-state index in [1.807, 2.05) is 23.5 Å². The molecule has 7 aromatic carbocycles. The number of hydrogen-bond acceptors (Lipinski definition) is 6. The number of benzene rings is 7. The predicted octanol–water partition coefficient (Wildman–Crippen LogP) is 9.95. The van der Waals surface area contributed by atoms with Gasteiger partial charge in [0.15, 0.2) is 0 Å². The first-order valence-electron chi connectivity index (χ1n) is 17.2. The second kappa shape index (κ2) is 9.21. The molecule has 0 atom stereocenters. The highest BCUT2D eigenvalue weighted by molar-refractivity contribution is 8.00. The van der Waals surface area contributed by atoms with Gasteiger partial charge in [-0.2, -0.15) is 0 Å². The molecule has 0 fully saturated rings. The lowest BCUT2D eigenvalue weighted by Gasteiger charge is -2.41. The van der Waals surface area contributed by atoms with Crippen LogP contribution in [0.3, 0.4) is 0 Å². The number of para-hydroxylation sites is 6. The summed E-state index contributed by atoms with van der Waals surface area (Å²) in [6.07, 6.45) is 0. The molecule has 0 amide bonds. The molecule has 0 aliphatic carbocycles. The van der Waals surface area contributed by atoms with Crippen LogP contribution in [0.4, 0.5) is 45.5 Å². The molecule has 6 aliphatic heterocycles. The Bertz CT molecular complexity index is 2510. The fraction of sp³-hybridized carbons (Fsp3) is 0. The van der Waals surface area contributed by atoms with Crippen LogP contribution in [0, 0.1) is 0 Å². The van der Waals surface area contributed by atoms with Crippen LogP contribution in [-0.2, 0) is 0 Å². The number of rotatable bonds is 0. The van der Waals surface area contributed by atoms with Crippen LogP contribution in [0.5, 0.6) is 0 Å². The van der Waals surface area contributed by atoms with Gasteiger partial charge in [-0.1, -0.05) is 108 Å². The average Bonchev–Trinajstić information content (AvgIpc) is 3.71. The van der Waals surface area contributed by atoms with Crippen molar-refractivity contribution in [3.05, 3.63) is 146 Å². The van der Waals surface area contributed by atoms with Crippen molar-refractivity contribution in [1.82, 2.24) is 0 Å². The highest BCUT2D eigenvalue weighted by Crippen LogP contribution is 2.61. The van der Waals surface area contributed by atoms with Crippen LogP contribution in [-0.4, -0.2) is 14.0 Å². The topological polar surface area (TPSA) is 13.0 Å². The third-order valence-electron chi connectivity index (χ3n) is 11.3. The fourth-order valence-electron chi connectivity index (χ4n) is 9.45. The van der Waals surface area contributed by atoms with E-state index in [9.17, 15) is 0 Å². The largest absolute Gasteiger partial charge is 0.421 e. The Hall–Kier alpha value is -5.43. The quantitative estimate of drug-likeness (QED) is 0.148. The van der Waals surface area contributed by atoms with E-state index in [0.29, 0.717) is 0 Å². The van der Waals surface area contributed by atoms with E-state index >= 15 is 0 Å². The van der Waals surface area contributed by atoms with Gasteiger partial charge in [-0.25, -0.2) is 0 Å². The number of nitrogens with zero attached hydrogens (tertiary/aromatic N) is 4. The van der Waals surface area contributed by atoms with Crippen LogP contribution in [0.25, 0.3) is 22.3 Å². The molecule has 0 aromatic heterocycles. The molecule has 0 unspecified atom stereocenters. The summed E-state index contributed by atoms with van der Waals surface area (Å²) < 4.78 is 0. The Morgan fingerprint density at radius 3 is 1.18 bits per heavy atom. The van der Waals surface area contributed by atoms with Gasteiger partial charge in [0.05, 0.1) is 22.7 Å². The normalized spacial score (nSPS) is 15.6. The lowest BCUT2D eigenvalue weighted by Crippen LogP contribution is -2.59. The van der Waals surface area contributed by atoms with Crippen LogP contribution >= 0.6 is 23.5 Å². The summed E-state index contributed by atoms with van der Waals surface area (Å²) in [5, 5.41) is 0. The summed E-state index contributed by atoms with van der Waals surface area (Å²) in [6.45, 7) is -0.0128. The average molecular weight is 670 g/mol. The van der Waals surface area contributed by atoms with E-state index in [4.69, 9.17) is 0 Å². The molecule has 13 rings (SSSR count). The SMILES string of the molecule is c1ccc2c(c1)Sc1cccc3c1N2B1c2cc4c(cc2-c2ccccc2N13)B1N(c2ccccc2-4)c2cccc3c2N1c1ccccc1S3. The summed E-state index contributed by atoms with van der Waals surface area (Å²) in [5.41, 5.74) is 18.2. The molecule has 230 valence electrons. The molecule has 0 saturated heterocycles. The molecule has 6 aliphatic rings. The van der Waals surface area contributed by atoms with E-state index < -0.39 is 0 Å². The first-order chi connectivity index (χ1) is 24.8. The highest BCUT2D eigenvalue weighted by atomic mass is 32.2. The van der Waals surface area contributed by atoms with E-state index in [-0.39, 0.29) is 14.0 Å². The Kier molecular flexibility index (Phi) is 4.87. The van der Waals surface area contributed by atoms with Gasteiger partial charge in [0.2, 0.25) is 0 Å². The maximum atomic E-state index is 2.62. The third-order valence-corrected chi connectivity index (χ3v) is 13.5. The number of anilines is 8. The van der Waals surface area contributed by atoms with E-state index in [0.717, 1.165) is 0 Å². The van der Waals surface area contributed by atoms with E-state index in [1.165, 1.54) is 98.3 Å².